The molecule has 61 heavy (non-hydrogen) atoms. The van der Waals surface area contributed by atoms with Crippen LogP contribution in [0, 0.1) is 0 Å². The molecular weight excluding hydrogens is 737 g/mol. The average molecular weight is 785 g/mol. The summed E-state index contributed by atoms with van der Waals surface area (Å²) in [6, 6.07) is 64.4. The first-order valence-electron chi connectivity index (χ1n) is 22.8. The van der Waals surface area contributed by atoms with Crippen LogP contribution in [0.25, 0.3) is 83.4 Å². The van der Waals surface area contributed by atoms with E-state index >= 15 is 0 Å². The Bertz CT molecular complexity index is 3210. The highest BCUT2D eigenvalue weighted by Crippen LogP contribution is 2.62. The lowest BCUT2D eigenvalue weighted by Crippen LogP contribution is -2.29. The zero-order valence-electron chi connectivity index (χ0n) is 34.6. The second kappa shape index (κ2) is 13.5. The molecule has 2 nitrogen and oxygen atoms in total. The Balaban J connectivity index is 0.942. The Morgan fingerprint density at radius 3 is 1.56 bits per heavy atom. The van der Waals surface area contributed by atoms with Crippen molar-refractivity contribution in [3.05, 3.63) is 192 Å². The highest BCUT2D eigenvalue weighted by atomic mass is 15.1. The summed E-state index contributed by atoms with van der Waals surface area (Å²) in [5.41, 5.74) is 22.0. The first-order valence-corrected chi connectivity index (χ1v) is 22.8. The van der Waals surface area contributed by atoms with E-state index in [9.17, 15) is 0 Å². The Labute approximate surface area is 358 Å². The van der Waals surface area contributed by atoms with Gasteiger partial charge in [-0.3, -0.25) is 4.57 Å². The maximum Gasteiger partial charge on any atom is 0.145 e. The summed E-state index contributed by atoms with van der Waals surface area (Å²) in [5, 5.41) is 2.61. The first-order chi connectivity index (χ1) is 30.2. The van der Waals surface area contributed by atoms with Gasteiger partial charge in [-0.25, -0.2) is 4.98 Å². The molecule has 0 bridgehead atoms. The van der Waals surface area contributed by atoms with E-state index in [1.54, 1.807) is 22.3 Å². The fraction of sp³-hybridized carbons (Fsp3) is 0.203. The normalized spacial score (nSPS) is 16.8. The SMILES string of the molecule is c1ccc(-c2nc3ccccc3n2-c2cccc(-c3ccc4c(c3)C3(CCCCC3)c3cc5c(cc3-4)C3(CCCCC3)c3cc(-c4ccc6ccccc6c4)ccc3-5)c2)cc1. The van der Waals surface area contributed by atoms with Crippen molar-refractivity contribution >= 4 is 21.8 Å². The lowest BCUT2D eigenvalue weighted by Gasteiger charge is -2.37. The molecule has 0 amide bonds. The quantitative estimate of drug-likeness (QED) is 0.174. The summed E-state index contributed by atoms with van der Waals surface area (Å²) in [6.07, 6.45) is 12.7. The Kier molecular flexibility index (Phi) is 7.80. The van der Waals surface area contributed by atoms with Gasteiger partial charge in [0.05, 0.1) is 11.0 Å². The fourth-order valence-electron chi connectivity index (χ4n) is 12.5. The van der Waals surface area contributed by atoms with Crippen LogP contribution in [-0.4, -0.2) is 9.55 Å². The summed E-state index contributed by atoms with van der Waals surface area (Å²) in [4.78, 5) is 5.15. The Morgan fingerprint density at radius 1 is 0.361 bits per heavy atom. The number of imidazole rings is 1. The number of aromatic nitrogens is 2. The largest absolute Gasteiger partial charge is 0.292 e. The molecule has 0 saturated heterocycles. The molecule has 294 valence electrons. The van der Waals surface area contributed by atoms with Gasteiger partial charge in [0.1, 0.15) is 5.82 Å². The van der Waals surface area contributed by atoms with Gasteiger partial charge in [-0.2, -0.15) is 0 Å². The topological polar surface area (TPSA) is 17.8 Å². The highest BCUT2D eigenvalue weighted by Gasteiger charge is 2.49. The number of fused-ring (bicyclic) bond motifs is 12. The van der Waals surface area contributed by atoms with E-state index in [-0.39, 0.29) is 10.8 Å². The van der Waals surface area contributed by atoms with Crippen molar-refractivity contribution in [1.82, 2.24) is 9.55 Å². The summed E-state index contributed by atoms with van der Waals surface area (Å²) >= 11 is 0. The molecule has 4 aliphatic carbocycles. The molecule has 13 rings (SSSR count). The van der Waals surface area contributed by atoms with Gasteiger partial charge in [-0.15, -0.1) is 0 Å². The molecule has 2 saturated carbocycles. The third-order valence-corrected chi connectivity index (χ3v) is 15.4. The van der Waals surface area contributed by atoms with E-state index in [0.29, 0.717) is 0 Å². The maximum absolute atomic E-state index is 5.15. The average Bonchev–Trinajstić information content (AvgIpc) is 3.93. The van der Waals surface area contributed by atoms with Crippen LogP contribution >= 0.6 is 0 Å². The van der Waals surface area contributed by atoms with Crippen LogP contribution in [0.2, 0.25) is 0 Å². The summed E-state index contributed by atoms with van der Waals surface area (Å²) in [6.45, 7) is 0. The molecule has 0 radical (unpaired) electrons. The molecule has 8 aromatic carbocycles. The zero-order chi connectivity index (χ0) is 40.1. The van der Waals surface area contributed by atoms with E-state index in [4.69, 9.17) is 4.98 Å². The van der Waals surface area contributed by atoms with Gasteiger partial charge in [-0.1, -0.05) is 154 Å². The minimum atomic E-state index is 0.0418. The number of hydrogen-bond donors (Lipinski definition) is 0. The molecule has 1 aromatic heterocycles. The number of hydrogen-bond acceptors (Lipinski definition) is 1. The van der Waals surface area contributed by atoms with Crippen molar-refractivity contribution in [2.45, 2.75) is 75.0 Å². The summed E-state index contributed by atoms with van der Waals surface area (Å²) < 4.78 is 2.34. The lowest BCUT2D eigenvalue weighted by atomic mass is 9.66. The molecule has 1 heterocycles. The fourth-order valence-corrected chi connectivity index (χ4v) is 12.5. The van der Waals surface area contributed by atoms with E-state index in [0.717, 1.165) is 28.1 Å². The predicted octanol–water partition coefficient (Wildman–Crippen LogP) is 15.6. The van der Waals surface area contributed by atoms with E-state index < -0.39 is 0 Å². The summed E-state index contributed by atoms with van der Waals surface area (Å²) in [7, 11) is 0. The second-order valence-electron chi connectivity index (χ2n) is 18.5. The predicted molar refractivity (Wildman–Crippen MR) is 253 cm³/mol. The van der Waals surface area contributed by atoms with Crippen molar-refractivity contribution in [2.75, 3.05) is 0 Å². The zero-order valence-corrected chi connectivity index (χ0v) is 34.6. The summed E-state index contributed by atoms with van der Waals surface area (Å²) in [5.74, 6) is 0.972. The second-order valence-corrected chi connectivity index (χ2v) is 18.5. The molecule has 0 atom stereocenters. The molecule has 0 unspecified atom stereocenters. The van der Waals surface area contributed by atoms with Crippen LogP contribution in [0.3, 0.4) is 0 Å². The van der Waals surface area contributed by atoms with Crippen molar-refractivity contribution in [3.8, 4) is 61.6 Å². The van der Waals surface area contributed by atoms with Gasteiger partial charge >= 0.3 is 0 Å². The standard InChI is InChI=1S/C59H48N2/c1-4-16-40(17-5-1)57-60-55-21-8-9-22-56(55)61(57)46-20-14-19-42(34-46)44-25-27-47-49-37-54-50(38-53(49)58(51(47)35-44)29-10-2-11-30-58)48-28-26-45(36-52(48)59(54)31-12-3-13-32-59)43-24-23-39-15-6-7-18-41(39)33-43/h1,4-9,14-28,33-38H,2-3,10-13,29-32H2. The van der Waals surface area contributed by atoms with Gasteiger partial charge < -0.3 is 0 Å². The molecule has 0 aliphatic heterocycles. The van der Waals surface area contributed by atoms with Crippen molar-refractivity contribution < 1.29 is 0 Å². The third-order valence-electron chi connectivity index (χ3n) is 15.4. The van der Waals surface area contributed by atoms with E-state index in [2.05, 4.69) is 174 Å². The Hall–Kier alpha value is -6.51. The molecule has 9 aromatic rings. The van der Waals surface area contributed by atoms with Crippen molar-refractivity contribution in [1.29, 1.82) is 0 Å². The van der Waals surface area contributed by atoms with Crippen molar-refractivity contribution in [2.24, 2.45) is 0 Å². The van der Waals surface area contributed by atoms with E-state index in [1.807, 2.05) is 0 Å². The third kappa shape index (κ3) is 5.24. The number of nitrogens with zero attached hydrogens (tertiary/aromatic N) is 2. The molecule has 4 aliphatic rings. The molecular formula is C59H48N2. The van der Waals surface area contributed by atoms with E-state index in [1.165, 1.54) is 119 Å². The number of rotatable bonds is 4. The van der Waals surface area contributed by atoms with Crippen LogP contribution in [0.15, 0.2) is 170 Å². The van der Waals surface area contributed by atoms with Crippen molar-refractivity contribution in [3.63, 3.8) is 0 Å². The highest BCUT2D eigenvalue weighted by molar-refractivity contribution is 5.93. The van der Waals surface area contributed by atoms with Gasteiger partial charge in [0.25, 0.3) is 0 Å². The van der Waals surface area contributed by atoms with Crippen LogP contribution in [0.1, 0.15) is 86.5 Å². The van der Waals surface area contributed by atoms with Crippen LogP contribution in [-0.2, 0) is 10.8 Å². The number of para-hydroxylation sites is 2. The smallest absolute Gasteiger partial charge is 0.145 e. The molecule has 2 fully saturated rings. The molecule has 2 heteroatoms. The van der Waals surface area contributed by atoms with Crippen LogP contribution in [0.4, 0.5) is 0 Å². The molecule has 2 spiro atoms. The number of benzene rings is 8. The first kappa shape index (κ1) is 35.3. The minimum absolute atomic E-state index is 0.0418. The Morgan fingerprint density at radius 2 is 0.885 bits per heavy atom. The molecule has 0 N–H and O–H groups in total. The minimum Gasteiger partial charge on any atom is -0.292 e. The van der Waals surface area contributed by atoms with Crippen LogP contribution < -0.4 is 0 Å². The van der Waals surface area contributed by atoms with Gasteiger partial charge in [0, 0.05) is 22.1 Å². The van der Waals surface area contributed by atoms with Gasteiger partial charge in [0.15, 0.2) is 0 Å². The lowest BCUT2D eigenvalue weighted by molar-refractivity contribution is 0.350. The maximum atomic E-state index is 5.15. The monoisotopic (exact) mass is 784 g/mol. The van der Waals surface area contributed by atoms with Gasteiger partial charge in [0.2, 0.25) is 0 Å². The van der Waals surface area contributed by atoms with Crippen LogP contribution in [0.5, 0.6) is 0 Å². The van der Waals surface area contributed by atoms with Gasteiger partial charge in [-0.05, 0) is 158 Å².